The van der Waals surface area contributed by atoms with Crippen LogP contribution in [0.5, 0.6) is 0 Å². The van der Waals surface area contributed by atoms with Gasteiger partial charge in [-0.15, -0.1) is 24.0 Å². The van der Waals surface area contributed by atoms with Crippen LogP contribution in [0.25, 0.3) is 0 Å². The normalized spacial score (nSPS) is 10.7. The summed E-state index contributed by atoms with van der Waals surface area (Å²) in [5.41, 5.74) is 0. The second-order valence-electron chi connectivity index (χ2n) is 3.39. The smallest absolute Gasteiger partial charge is 0.306 e. The van der Waals surface area contributed by atoms with Crippen molar-refractivity contribution in [2.45, 2.75) is 32.8 Å². The number of ether oxygens (including phenoxy) is 1. The summed E-state index contributed by atoms with van der Waals surface area (Å²) in [4.78, 5) is 15.1. The largest absolute Gasteiger partial charge is 0.463 e. The van der Waals surface area contributed by atoms with Crippen LogP contribution >= 0.6 is 24.0 Å². The molecule has 6 heteroatoms. The van der Waals surface area contributed by atoms with Crippen LogP contribution in [0.4, 0.5) is 0 Å². The monoisotopic (exact) mass is 343 g/mol. The molecule has 0 unspecified atom stereocenters. The van der Waals surface area contributed by atoms with Crippen molar-refractivity contribution in [3.05, 3.63) is 0 Å². The molecule has 0 rings (SSSR count). The number of carbonyl (C=O) groups is 1. The number of guanidine groups is 1. The average Bonchev–Trinajstić information content (AvgIpc) is 2.17. The number of hydrogen-bond donors (Lipinski definition) is 2. The van der Waals surface area contributed by atoms with Crippen LogP contribution in [0.15, 0.2) is 4.99 Å². The minimum atomic E-state index is -0.147. The first-order valence-electron chi connectivity index (χ1n) is 5.18. The number of hydrogen-bond acceptors (Lipinski definition) is 3. The first kappa shape index (κ1) is 17.9. The van der Waals surface area contributed by atoms with Gasteiger partial charge in [0.1, 0.15) is 0 Å². The number of rotatable bonds is 5. The van der Waals surface area contributed by atoms with Gasteiger partial charge in [-0.1, -0.05) is 0 Å². The Morgan fingerprint density at radius 2 is 2.06 bits per heavy atom. The summed E-state index contributed by atoms with van der Waals surface area (Å²) in [7, 11) is 3.49. The van der Waals surface area contributed by atoms with Crippen molar-refractivity contribution >= 4 is 35.9 Å². The lowest BCUT2D eigenvalue weighted by molar-refractivity contribution is -0.147. The maximum atomic E-state index is 11.1. The lowest BCUT2D eigenvalue weighted by Gasteiger charge is -2.09. The molecular formula is C10H22IN3O2. The van der Waals surface area contributed by atoms with Crippen LogP contribution < -0.4 is 10.6 Å². The molecule has 0 aliphatic carbocycles. The molecule has 0 aromatic carbocycles. The van der Waals surface area contributed by atoms with Crippen LogP contribution in [0, 0.1) is 0 Å². The molecule has 0 atom stereocenters. The van der Waals surface area contributed by atoms with Gasteiger partial charge >= 0.3 is 5.97 Å². The van der Waals surface area contributed by atoms with E-state index in [9.17, 15) is 4.79 Å². The fraction of sp³-hybridized carbons (Fsp3) is 0.800. The molecule has 0 saturated carbocycles. The molecule has 0 fully saturated rings. The highest BCUT2D eigenvalue weighted by atomic mass is 127. The molecule has 0 aliphatic heterocycles. The Morgan fingerprint density at radius 3 is 2.50 bits per heavy atom. The van der Waals surface area contributed by atoms with E-state index in [0.717, 1.165) is 12.4 Å². The highest BCUT2D eigenvalue weighted by Crippen LogP contribution is 1.95. The minimum absolute atomic E-state index is 0. The number of nitrogens with one attached hydrogen (secondary N) is 2. The van der Waals surface area contributed by atoms with Gasteiger partial charge in [0.2, 0.25) is 0 Å². The lowest BCUT2D eigenvalue weighted by atomic mass is 10.3. The van der Waals surface area contributed by atoms with E-state index >= 15 is 0 Å². The van der Waals surface area contributed by atoms with E-state index in [0.29, 0.717) is 13.0 Å². The summed E-state index contributed by atoms with van der Waals surface area (Å²) in [5.74, 6) is 0.582. The van der Waals surface area contributed by atoms with Gasteiger partial charge in [0.25, 0.3) is 0 Å². The quantitative estimate of drug-likeness (QED) is 0.258. The number of esters is 1. The number of aliphatic imine (C=N–C) groups is 1. The van der Waals surface area contributed by atoms with Gasteiger partial charge < -0.3 is 15.4 Å². The number of carbonyl (C=O) groups excluding carboxylic acids is 1. The third-order valence-electron chi connectivity index (χ3n) is 1.68. The molecule has 0 aromatic rings. The Balaban J connectivity index is 0. The molecule has 5 nitrogen and oxygen atoms in total. The molecule has 2 N–H and O–H groups in total. The van der Waals surface area contributed by atoms with Crippen molar-refractivity contribution in [1.82, 2.24) is 10.6 Å². The zero-order chi connectivity index (χ0) is 11.7. The Bertz CT molecular complexity index is 220. The van der Waals surface area contributed by atoms with Gasteiger partial charge in [0, 0.05) is 27.1 Å². The summed E-state index contributed by atoms with van der Waals surface area (Å²) in [6.07, 6.45) is 1.15. The van der Waals surface area contributed by atoms with Gasteiger partial charge in [0.15, 0.2) is 5.96 Å². The summed E-state index contributed by atoms with van der Waals surface area (Å²) in [6, 6.07) is 0. The van der Waals surface area contributed by atoms with E-state index in [1.54, 1.807) is 14.1 Å². The molecule has 0 aliphatic rings. The maximum absolute atomic E-state index is 11.1. The van der Waals surface area contributed by atoms with Gasteiger partial charge in [-0.25, -0.2) is 0 Å². The Hall–Kier alpha value is -0.530. The van der Waals surface area contributed by atoms with Gasteiger partial charge in [-0.3, -0.25) is 9.79 Å². The Kier molecular flexibility index (Phi) is 12.2. The highest BCUT2D eigenvalue weighted by molar-refractivity contribution is 14.0. The molecule has 0 bridgehead atoms. The molecule has 16 heavy (non-hydrogen) atoms. The van der Waals surface area contributed by atoms with E-state index < -0.39 is 0 Å². The van der Waals surface area contributed by atoms with Crippen molar-refractivity contribution < 1.29 is 9.53 Å². The second-order valence-corrected chi connectivity index (χ2v) is 3.39. The molecule has 0 aromatic heterocycles. The summed E-state index contributed by atoms with van der Waals surface area (Å²) in [5, 5.41) is 5.95. The SMILES string of the molecule is CN=C(NC)NCCCC(=O)OC(C)C.I. The van der Waals surface area contributed by atoms with Crippen LogP contribution in [0.1, 0.15) is 26.7 Å². The van der Waals surface area contributed by atoms with Gasteiger partial charge in [0.05, 0.1) is 6.10 Å². The van der Waals surface area contributed by atoms with E-state index in [2.05, 4.69) is 15.6 Å². The van der Waals surface area contributed by atoms with E-state index in [1.807, 2.05) is 13.8 Å². The van der Waals surface area contributed by atoms with Gasteiger partial charge in [-0.05, 0) is 20.3 Å². The number of nitrogens with zero attached hydrogens (tertiary/aromatic N) is 1. The molecule has 96 valence electrons. The molecule has 0 saturated heterocycles. The Labute approximate surface area is 114 Å². The van der Waals surface area contributed by atoms with Crippen LogP contribution in [-0.2, 0) is 9.53 Å². The summed E-state index contributed by atoms with van der Waals surface area (Å²) in [6.45, 7) is 4.40. The van der Waals surface area contributed by atoms with Crippen molar-refractivity contribution in [3.63, 3.8) is 0 Å². The third kappa shape index (κ3) is 10.0. The molecule has 0 radical (unpaired) electrons. The maximum Gasteiger partial charge on any atom is 0.306 e. The van der Waals surface area contributed by atoms with Crippen LogP contribution in [0.2, 0.25) is 0 Å². The van der Waals surface area contributed by atoms with Crippen molar-refractivity contribution in [2.75, 3.05) is 20.6 Å². The Morgan fingerprint density at radius 1 is 1.44 bits per heavy atom. The van der Waals surface area contributed by atoms with Crippen LogP contribution in [-0.4, -0.2) is 38.7 Å². The van der Waals surface area contributed by atoms with Crippen molar-refractivity contribution in [1.29, 1.82) is 0 Å². The fourth-order valence-corrected chi connectivity index (χ4v) is 1.04. The first-order valence-corrected chi connectivity index (χ1v) is 5.18. The van der Waals surface area contributed by atoms with Crippen molar-refractivity contribution in [2.24, 2.45) is 4.99 Å². The predicted octanol–water partition coefficient (Wildman–Crippen LogP) is 1.13. The second kappa shape index (κ2) is 11.0. The van der Waals surface area contributed by atoms with E-state index in [4.69, 9.17) is 4.74 Å². The fourth-order valence-electron chi connectivity index (χ4n) is 1.04. The third-order valence-corrected chi connectivity index (χ3v) is 1.68. The lowest BCUT2D eigenvalue weighted by Crippen LogP contribution is -2.35. The average molecular weight is 343 g/mol. The topological polar surface area (TPSA) is 62.7 Å². The minimum Gasteiger partial charge on any atom is -0.463 e. The van der Waals surface area contributed by atoms with E-state index in [-0.39, 0.29) is 36.0 Å². The molecule has 0 heterocycles. The van der Waals surface area contributed by atoms with Crippen molar-refractivity contribution in [3.8, 4) is 0 Å². The molecular weight excluding hydrogens is 321 g/mol. The summed E-state index contributed by atoms with van der Waals surface area (Å²) < 4.78 is 5.00. The van der Waals surface area contributed by atoms with Gasteiger partial charge in [-0.2, -0.15) is 0 Å². The standard InChI is InChI=1S/C10H21N3O2.HI/c1-8(2)15-9(14)6-5-7-13-10(11-3)12-4;/h8H,5-7H2,1-4H3,(H2,11,12,13);1H. The number of halogens is 1. The molecule has 0 amide bonds. The molecule has 0 spiro atoms. The zero-order valence-corrected chi connectivity index (χ0v) is 12.7. The van der Waals surface area contributed by atoms with Crippen LogP contribution in [0.3, 0.4) is 0 Å². The predicted molar refractivity (Wildman–Crippen MR) is 76.3 cm³/mol. The first-order chi connectivity index (χ1) is 7.10. The zero-order valence-electron chi connectivity index (χ0n) is 10.4. The summed E-state index contributed by atoms with van der Waals surface area (Å²) >= 11 is 0. The highest BCUT2D eigenvalue weighted by Gasteiger charge is 2.04. The van der Waals surface area contributed by atoms with E-state index in [1.165, 1.54) is 0 Å².